The van der Waals surface area contributed by atoms with Crippen molar-refractivity contribution in [3.05, 3.63) is 71.8 Å². The minimum atomic E-state index is -0.816. The molecule has 0 bridgehead atoms. The molecule has 0 unspecified atom stereocenters. The molecule has 6 heteroatoms. The number of rotatable bonds is 3. The number of hydrogen-bond donors (Lipinski definition) is 0. The lowest BCUT2D eigenvalue weighted by atomic mass is 9.74. The zero-order valence-corrected chi connectivity index (χ0v) is 14.8. The van der Waals surface area contributed by atoms with E-state index in [0.29, 0.717) is 18.4 Å². The molecular weight excluding hydrogens is 354 g/mol. The van der Waals surface area contributed by atoms with Gasteiger partial charge in [0.2, 0.25) is 5.24 Å². The quantitative estimate of drug-likeness (QED) is 0.468. The predicted octanol–water partition coefficient (Wildman–Crippen LogP) is 3.76. The van der Waals surface area contributed by atoms with E-state index in [1.807, 2.05) is 30.3 Å². The largest absolute Gasteiger partial charge is 0.417 e. The van der Waals surface area contributed by atoms with Crippen LogP contribution in [0.25, 0.3) is 0 Å². The maximum atomic E-state index is 12.3. The fourth-order valence-corrected chi connectivity index (χ4v) is 3.50. The molecular formula is C20H18ClNO4. The van der Waals surface area contributed by atoms with Crippen molar-refractivity contribution in [2.75, 3.05) is 13.1 Å². The lowest BCUT2D eigenvalue weighted by Crippen LogP contribution is -2.48. The maximum Gasteiger partial charge on any atom is 0.417 e. The number of carbonyl (C=O) groups is 3. The number of hydrogen-bond acceptors (Lipinski definition) is 4. The van der Waals surface area contributed by atoms with Crippen molar-refractivity contribution in [3.63, 3.8) is 0 Å². The zero-order chi connectivity index (χ0) is 18.6. The van der Waals surface area contributed by atoms with Crippen LogP contribution in [0.2, 0.25) is 0 Å². The molecule has 0 saturated carbocycles. The number of piperidine rings is 1. The number of ether oxygens (including phenoxy) is 1. The molecule has 0 aromatic heterocycles. The first kappa shape index (κ1) is 18.1. The van der Waals surface area contributed by atoms with Crippen molar-refractivity contribution < 1.29 is 19.1 Å². The van der Waals surface area contributed by atoms with Crippen molar-refractivity contribution in [2.45, 2.75) is 18.3 Å². The summed E-state index contributed by atoms with van der Waals surface area (Å²) in [4.78, 5) is 37.8. The lowest BCUT2D eigenvalue weighted by molar-refractivity contribution is -0.118. The van der Waals surface area contributed by atoms with Gasteiger partial charge in [-0.05, 0) is 42.1 Å². The van der Waals surface area contributed by atoms with Gasteiger partial charge in [-0.3, -0.25) is 4.79 Å². The van der Waals surface area contributed by atoms with E-state index in [2.05, 4.69) is 0 Å². The third-order valence-electron chi connectivity index (χ3n) is 4.77. The number of carbonyl (C=O) groups excluding carboxylic acids is 3. The summed E-state index contributed by atoms with van der Waals surface area (Å²) >= 11 is 5.91. The average molecular weight is 372 g/mol. The highest BCUT2D eigenvalue weighted by Gasteiger charge is 2.43. The molecule has 0 N–H and O–H groups in total. The molecule has 1 fully saturated rings. The second-order valence-corrected chi connectivity index (χ2v) is 6.57. The molecule has 5 nitrogen and oxygen atoms in total. The van der Waals surface area contributed by atoms with E-state index in [1.54, 1.807) is 30.3 Å². The van der Waals surface area contributed by atoms with Crippen LogP contribution >= 0.6 is 11.6 Å². The van der Waals surface area contributed by atoms with Gasteiger partial charge in [0, 0.05) is 13.1 Å². The van der Waals surface area contributed by atoms with Gasteiger partial charge in [0.15, 0.2) is 0 Å². The van der Waals surface area contributed by atoms with E-state index >= 15 is 0 Å². The van der Waals surface area contributed by atoms with Crippen LogP contribution < -0.4 is 0 Å². The first-order valence-corrected chi connectivity index (χ1v) is 8.72. The van der Waals surface area contributed by atoms with Gasteiger partial charge in [-0.2, -0.15) is 0 Å². The van der Waals surface area contributed by atoms with Crippen LogP contribution in [-0.4, -0.2) is 35.3 Å². The summed E-state index contributed by atoms with van der Waals surface area (Å²) < 4.78 is 4.94. The fraction of sp³-hybridized carbons (Fsp3) is 0.250. The molecule has 3 rings (SSSR count). The second-order valence-electron chi connectivity index (χ2n) is 6.23. The SMILES string of the molecule is O=C(OC(=O)N1CCC(C(=O)Cl)(c2ccccc2)CC1)c1ccccc1. The van der Waals surface area contributed by atoms with Crippen LogP contribution in [0.3, 0.4) is 0 Å². The lowest BCUT2D eigenvalue weighted by Gasteiger charge is -2.39. The molecule has 2 aromatic carbocycles. The predicted molar refractivity (Wildman–Crippen MR) is 97.0 cm³/mol. The smallest absolute Gasteiger partial charge is 0.372 e. The Morgan fingerprint density at radius 3 is 1.96 bits per heavy atom. The van der Waals surface area contributed by atoms with Crippen molar-refractivity contribution in [3.8, 4) is 0 Å². The minimum Gasteiger partial charge on any atom is -0.372 e. The van der Waals surface area contributed by atoms with Gasteiger partial charge in [-0.25, -0.2) is 9.59 Å². The average Bonchev–Trinajstić information content (AvgIpc) is 2.69. The zero-order valence-electron chi connectivity index (χ0n) is 14.1. The monoisotopic (exact) mass is 371 g/mol. The van der Waals surface area contributed by atoms with E-state index in [4.69, 9.17) is 16.3 Å². The summed E-state index contributed by atoms with van der Waals surface area (Å²) in [5.74, 6) is -0.691. The van der Waals surface area contributed by atoms with E-state index in [1.165, 1.54) is 4.90 Å². The molecule has 1 heterocycles. The minimum absolute atomic E-state index is 0.286. The van der Waals surface area contributed by atoms with Gasteiger partial charge in [0.05, 0.1) is 11.0 Å². The van der Waals surface area contributed by atoms with Crippen LogP contribution in [0.5, 0.6) is 0 Å². The number of likely N-dealkylation sites (tertiary alicyclic amines) is 1. The van der Waals surface area contributed by atoms with Gasteiger partial charge < -0.3 is 9.64 Å². The van der Waals surface area contributed by atoms with Crippen molar-refractivity contribution in [1.29, 1.82) is 0 Å². The van der Waals surface area contributed by atoms with Crippen LogP contribution in [0, 0.1) is 0 Å². The highest BCUT2D eigenvalue weighted by molar-refractivity contribution is 6.65. The van der Waals surface area contributed by atoms with Gasteiger partial charge in [0.25, 0.3) is 0 Å². The third-order valence-corrected chi connectivity index (χ3v) is 5.13. The molecule has 1 amide bonds. The highest BCUT2D eigenvalue weighted by Crippen LogP contribution is 2.37. The molecule has 0 aliphatic carbocycles. The number of benzene rings is 2. The first-order chi connectivity index (χ1) is 12.5. The molecule has 0 spiro atoms. The summed E-state index contributed by atoms with van der Waals surface area (Å²) in [7, 11) is 0. The summed E-state index contributed by atoms with van der Waals surface area (Å²) in [6, 6.07) is 17.7. The Bertz CT molecular complexity index is 799. The molecule has 1 aliphatic heterocycles. The highest BCUT2D eigenvalue weighted by atomic mass is 35.5. The van der Waals surface area contributed by atoms with Gasteiger partial charge in [-0.15, -0.1) is 0 Å². The Labute approximate surface area is 156 Å². The Balaban J connectivity index is 1.66. The molecule has 1 aliphatic rings. The molecule has 26 heavy (non-hydrogen) atoms. The molecule has 0 radical (unpaired) electrons. The molecule has 2 aromatic rings. The number of nitrogens with zero attached hydrogens (tertiary/aromatic N) is 1. The number of amides is 1. The van der Waals surface area contributed by atoms with Crippen LogP contribution in [0.15, 0.2) is 60.7 Å². The van der Waals surface area contributed by atoms with E-state index in [9.17, 15) is 14.4 Å². The van der Waals surface area contributed by atoms with Gasteiger partial charge >= 0.3 is 12.1 Å². The van der Waals surface area contributed by atoms with E-state index in [0.717, 1.165) is 5.56 Å². The Morgan fingerprint density at radius 2 is 1.42 bits per heavy atom. The fourth-order valence-electron chi connectivity index (χ4n) is 3.20. The normalized spacial score (nSPS) is 16.0. The molecule has 0 atom stereocenters. The topological polar surface area (TPSA) is 63.7 Å². The number of esters is 1. The maximum absolute atomic E-state index is 12.3. The van der Waals surface area contributed by atoms with Crippen LogP contribution in [0.4, 0.5) is 4.79 Å². The summed E-state index contributed by atoms with van der Waals surface area (Å²) in [6.07, 6.45) is 0.0598. The van der Waals surface area contributed by atoms with Crippen LogP contribution in [0.1, 0.15) is 28.8 Å². The molecule has 134 valence electrons. The second kappa shape index (κ2) is 7.70. The van der Waals surface area contributed by atoms with Crippen LogP contribution in [-0.2, 0) is 14.9 Å². The summed E-state index contributed by atoms with van der Waals surface area (Å²) in [6.45, 7) is 0.572. The van der Waals surface area contributed by atoms with E-state index in [-0.39, 0.29) is 13.1 Å². The summed E-state index contributed by atoms with van der Waals surface area (Å²) in [5, 5.41) is -0.433. The Kier molecular flexibility index (Phi) is 5.38. The van der Waals surface area contributed by atoms with Gasteiger partial charge in [-0.1, -0.05) is 48.5 Å². The molecule has 1 saturated heterocycles. The van der Waals surface area contributed by atoms with Crippen molar-refractivity contribution in [1.82, 2.24) is 4.90 Å². The van der Waals surface area contributed by atoms with Crippen molar-refractivity contribution in [2.24, 2.45) is 0 Å². The van der Waals surface area contributed by atoms with Gasteiger partial charge in [0.1, 0.15) is 0 Å². The first-order valence-electron chi connectivity index (χ1n) is 8.34. The van der Waals surface area contributed by atoms with E-state index < -0.39 is 22.7 Å². The Hall–Kier alpha value is -2.66. The third kappa shape index (κ3) is 3.63. The Morgan fingerprint density at radius 1 is 0.885 bits per heavy atom. The van der Waals surface area contributed by atoms with Crippen molar-refractivity contribution >= 4 is 28.9 Å². The standard InChI is InChI=1S/C20H18ClNO4/c21-18(24)20(16-9-5-2-6-10-16)11-13-22(14-12-20)19(25)26-17(23)15-7-3-1-4-8-15/h1-10H,11-14H2. The number of halogens is 1. The summed E-state index contributed by atoms with van der Waals surface area (Å²) in [5.41, 5.74) is 0.337.